The topological polar surface area (TPSA) is 77.0 Å². The molecule has 0 spiro atoms. The Kier molecular flexibility index (Phi) is 7.51. The van der Waals surface area contributed by atoms with Crippen molar-refractivity contribution in [1.29, 1.82) is 0 Å². The van der Waals surface area contributed by atoms with Gasteiger partial charge in [-0.2, -0.15) is 0 Å². The van der Waals surface area contributed by atoms with Gasteiger partial charge >= 0.3 is 0 Å². The lowest BCUT2D eigenvalue weighted by Gasteiger charge is -2.37. The minimum atomic E-state index is -3.50. The first-order valence-electron chi connectivity index (χ1n) is 9.87. The summed E-state index contributed by atoms with van der Waals surface area (Å²) < 4.78 is 27.4. The van der Waals surface area contributed by atoms with Crippen molar-refractivity contribution >= 4 is 32.3 Å². The van der Waals surface area contributed by atoms with Gasteiger partial charge in [-0.05, 0) is 43.5 Å². The Hall–Kier alpha value is -2.10. The Morgan fingerprint density at radius 3 is 2.48 bits per heavy atom. The van der Waals surface area contributed by atoms with Crippen LogP contribution in [-0.2, 0) is 10.0 Å². The first-order valence-corrected chi connectivity index (χ1v) is 12.2. The fourth-order valence-corrected chi connectivity index (χ4v) is 4.96. The molecule has 1 aromatic heterocycles. The van der Waals surface area contributed by atoms with E-state index >= 15 is 0 Å². The summed E-state index contributed by atoms with van der Waals surface area (Å²) in [6, 6.07) is 11.1. The molecule has 1 saturated heterocycles. The van der Waals surface area contributed by atoms with Crippen molar-refractivity contribution in [3.05, 3.63) is 47.3 Å². The number of anilines is 1. The standard InChI is InChI=1S/C20H29N5O2S2/c1-3-21-20(25-14-12-24(13-15-25)19-5-4-16-28-19)22-10-11-23-29(26,27)18-8-6-17(2)7-9-18/h4-9,16,23H,3,10-15H2,1-2H3,(H,21,22). The van der Waals surface area contributed by atoms with Gasteiger partial charge in [0.25, 0.3) is 0 Å². The van der Waals surface area contributed by atoms with E-state index in [0.29, 0.717) is 6.54 Å². The van der Waals surface area contributed by atoms with Gasteiger partial charge in [0.05, 0.1) is 16.4 Å². The maximum Gasteiger partial charge on any atom is 0.240 e. The molecule has 29 heavy (non-hydrogen) atoms. The smallest absolute Gasteiger partial charge is 0.240 e. The average molecular weight is 436 g/mol. The van der Waals surface area contributed by atoms with Gasteiger partial charge in [-0.15, -0.1) is 11.3 Å². The highest BCUT2D eigenvalue weighted by atomic mass is 32.2. The predicted molar refractivity (Wildman–Crippen MR) is 120 cm³/mol. The van der Waals surface area contributed by atoms with Crippen molar-refractivity contribution in [2.75, 3.05) is 50.7 Å². The van der Waals surface area contributed by atoms with E-state index < -0.39 is 10.0 Å². The third-order valence-electron chi connectivity index (χ3n) is 4.73. The van der Waals surface area contributed by atoms with Crippen LogP contribution in [0.2, 0.25) is 0 Å². The van der Waals surface area contributed by atoms with Gasteiger partial charge < -0.3 is 15.1 Å². The highest BCUT2D eigenvalue weighted by molar-refractivity contribution is 7.89. The fourth-order valence-electron chi connectivity index (χ4n) is 3.16. The lowest BCUT2D eigenvalue weighted by atomic mass is 10.2. The van der Waals surface area contributed by atoms with Crippen molar-refractivity contribution in [3.8, 4) is 0 Å². The van der Waals surface area contributed by atoms with E-state index in [1.54, 1.807) is 35.6 Å². The molecular formula is C20H29N5O2S2. The summed E-state index contributed by atoms with van der Waals surface area (Å²) in [7, 11) is -3.50. The van der Waals surface area contributed by atoms with Crippen LogP contribution in [0.5, 0.6) is 0 Å². The van der Waals surface area contributed by atoms with Crippen LogP contribution in [0.4, 0.5) is 5.00 Å². The van der Waals surface area contributed by atoms with Gasteiger partial charge in [0, 0.05) is 39.3 Å². The molecule has 9 heteroatoms. The molecule has 7 nitrogen and oxygen atoms in total. The summed E-state index contributed by atoms with van der Waals surface area (Å²) in [6.07, 6.45) is 0. The first kappa shape index (κ1) is 21.6. The second-order valence-corrected chi connectivity index (χ2v) is 9.56. The monoisotopic (exact) mass is 435 g/mol. The van der Waals surface area contributed by atoms with Crippen LogP contribution in [0, 0.1) is 6.92 Å². The van der Waals surface area contributed by atoms with Crippen molar-refractivity contribution < 1.29 is 8.42 Å². The minimum Gasteiger partial charge on any atom is -0.360 e. The molecule has 0 radical (unpaired) electrons. The normalized spacial score (nSPS) is 15.6. The number of nitrogens with zero attached hydrogens (tertiary/aromatic N) is 3. The zero-order chi connectivity index (χ0) is 20.7. The molecule has 2 heterocycles. The first-order chi connectivity index (χ1) is 14.0. The van der Waals surface area contributed by atoms with Crippen molar-refractivity contribution in [1.82, 2.24) is 14.9 Å². The zero-order valence-corrected chi connectivity index (χ0v) is 18.6. The molecule has 1 aliphatic rings. The van der Waals surface area contributed by atoms with E-state index in [9.17, 15) is 8.42 Å². The molecule has 3 rings (SSSR count). The van der Waals surface area contributed by atoms with E-state index in [2.05, 4.69) is 42.3 Å². The van der Waals surface area contributed by atoms with Crippen LogP contribution in [0.1, 0.15) is 12.5 Å². The Bertz CT molecular complexity index is 887. The predicted octanol–water partition coefficient (Wildman–Crippen LogP) is 2.12. The van der Waals surface area contributed by atoms with Crippen LogP contribution < -0.4 is 14.9 Å². The number of sulfonamides is 1. The highest BCUT2D eigenvalue weighted by Crippen LogP contribution is 2.22. The van der Waals surface area contributed by atoms with E-state index in [4.69, 9.17) is 0 Å². The van der Waals surface area contributed by atoms with Gasteiger partial charge in [0.2, 0.25) is 10.0 Å². The lowest BCUT2D eigenvalue weighted by molar-refractivity contribution is 0.373. The number of piperazine rings is 1. The molecule has 2 aromatic rings. The average Bonchev–Trinajstić information content (AvgIpc) is 3.26. The van der Waals surface area contributed by atoms with E-state index in [1.165, 1.54) is 5.00 Å². The van der Waals surface area contributed by atoms with Gasteiger partial charge in [0.15, 0.2) is 5.96 Å². The third-order valence-corrected chi connectivity index (χ3v) is 7.13. The number of aryl methyl sites for hydroxylation is 1. The second-order valence-electron chi connectivity index (χ2n) is 6.87. The van der Waals surface area contributed by atoms with Gasteiger partial charge in [-0.1, -0.05) is 17.7 Å². The number of hydrogen-bond acceptors (Lipinski definition) is 5. The molecule has 0 amide bonds. The minimum absolute atomic E-state index is 0.264. The maximum absolute atomic E-state index is 12.4. The molecule has 2 N–H and O–H groups in total. The largest absolute Gasteiger partial charge is 0.360 e. The van der Waals surface area contributed by atoms with Crippen LogP contribution >= 0.6 is 11.3 Å². The number of hydrogen-bond donors (Lipinski definition) is 2. The molecular weight excluding hydrogens is 406 g/mol. The van der Waals surface area contributed by atoms with Crippen LogP contribution in [0.25, 0.3) is 0 Å². The Morgan fingerprint density at radius 1 is 1.14 bits per heavy atom. The highest BCUT2D eigenvalue weighted by Gasteiger charge is 2.20. The SMILES string of the molecule is CCNC(=NCCNS(=O)(=O)c1ccc(C)cc1)N1CCN(c2cccs2)CC1. The van der Waals surface area contributed by atoms with Crippen LogP contribution in [-0.4, -0.2) is 65.1 Å². The number of nitrogens with one attached hydrogen (secondary N) is 2. The molecule has 1 aliphatic heterocycles. The summed E-state index contributed by atoms with van der Waals surface area (Å²) in [5.41, 5.74) is 1.03. The Labute approximate surface area is 177 Å². The van der Waals surface area contributed by atoms with Crippen LogP contribution in [0.15, 0.2) is 51.7 Å². The van der Waals surface area contributed by atoms with E-state index in [1.807, 2.05) is 13.8 Å². The van der Waals surface area contributed by atoms with Gasteiger partial charge in [-0.3, -0.25) is 4.99 Å². The molecule has 0 unspecified atom stereocenters. The second kappa shape index (κ2) is 10.1. The van der Waals surface area contributed by atoms with E-state index in [0.717, 1.165) is 44.2 Å². The number of guanidine groups is 1. The Morgan fingerprint density at radius 2 is 1.86 bits per heavy atom. The molecule has 0 bridgehead atoms. The molecule has 1 aromatic carbocycles. The van der Waals surface area contributed by atoms with Crippen molar-refractivity contribution in [2.45, 2.75) is 18.7 Å². The fraction of sp³-hybridized carbons (Fsp3) is 0.450. The van der Waals surface area contributed by atoms with Gasteiger partial charge in [0.1, 0.15) is 0 Å². The third kappa shape index (κ3) is 5.94. The molecule has 0 saturated carbocycles. The summed E-state index contributed by atoms with van der Waals surface area (Å²) >= 11 is 1.76. The molecule has 0 aliphatic carbocycles. The van der Waals surface area contributed by atoms with Crippen LogP contribution in [0.3, 0.4) is 0 Å². The van der Waals surface area contributed by atoms with Crippen molar-refractivity contribution in [2.24, 2.45) is 4.99 Å². The lowest BCUT2D eigenvalue weighted by Crippen LogP contribution is -2.52. The van der Waals surface area contributed by atoms with Gasteiger partial charge in [-0.25, -0.2) is 13.1 Å². The van der Waals surface area contributed by atoms with Crippen molar-refractivity contribution in [3.63, 3.8) is 0 Å². The number of aliphatic imine (C=N–C) groups is 1. The maximum atomic E-state index is 12.4. The molecule has 1 fully saturated rings. The molecule has 0 atom stereocenters. The summed E-state index contributed by atoms with van der Waals surface area (Å²) in [6.45, 7) is 9.07. The summed E-state index contributed by atoms with van der Waals surface area (Å²) in [5, 5.41) is 6.73. The Balaban J connectivity index is 1.52. The summed E-state index contributed by atoms with van der Waals surface area (Å²) in [4.78, 5) is 9.53. The zero-order valence-electron chi connectivity index (χ0n) is 17.0. The number of thiophene rings is 1. The quantitative estimate of drug-likeness (QED) is 0.396. The number of rotatable bonds is 7. The summed E-state index contributed by atoms with van der Waals surface area (Å²) in [5.74, 6) is 0.841. The number of benzene rings is 1. The molecule has 158 valence electrons. The van der Waals surface area contributed by atoms with E-state index in [-0.39, 0.29) is 11.4 Å².